The summed E-state index contributed by atoms with van der Waals surface area (Å²) in [7, 11) is 0. The van der Waals surface area contributed by atoms with E-state index in [0.717, 1.165) is 82.8 Å². The van der Waals surface area contributed by atoms with E-state index in [4.69, 9.17) is 4.74 Å². The molecule has 0 aliphatic rings. The van der Waals surface area contributed by atoms with Crippen molar-refractivity contribution in [3.8, 4) is 5.75 Å². The van der Waals surface area contributed by atoms with Crippen molar-refractivity contribution in [2.24, 2.45) is 0 Å². The number of carbonyl (C=O) groups is 1. The number of hydrogen-bond acceptors (Lipinski definition) is 2. The molecule has 0 unspecified atom stereocenters. The number of rotatable bonds is 41. The zero-order valence-corrected chi connectivity index (χ0v) is 40.8. The highest BCUT2D eigenvalue weighted by Crippen LogP contribution is 2.39. The highest BCUT2D eigenvalue weighted by molar-refractivity contribution is 5.72. The van der Waals surface area contributed by atoms with E-state index in [1.807, 2.05) is 0 Å². The number of ether oxygens (including phenoxy) is 1. The first-order valence-electron chi connectivity index (χ1n) is 26.2. The molecule has 0 aromatic heterocycles. The van der Waals surface area contributed by atoms with E-state index in [9.17, 15) is 4.79 Å². The minimum Gasteiger partial charge on any atom is -0.426 e. The van der Waals surface area contributed by atoms with E-state index in [-0.39, 0.29) is 5.97 Å². The average molecular weight is 827 g/mol. The molecule has 1 rings (SSSR count). The molecule has 60 heavy (non-hydrogen) atoms. The van der Waals surface area contributed by atoms with E-state index in [0.29, 0.717) is 0 Å². The van der Waals surface area contributed by atoms with Crippen LogP contribution in [-0.4, -0.2) is 5.97 Å². The maximum Gasteiger partial charge on any atom is 0.308 e. The molecule has 0 atom stereocenters. The summed E-state index contributed by atoms with van der Waals surface area (Å²) in [4.78, 5) is 13.1. The van der Waals surface area contributed by atoms with Gasteiger partial charge in [-0.15, -0.1) is 0 Å². The first-order valence-corrected chi connectivity index (χ1v) is 26.2. The molecule has 1 aromatic carbocycles. The molecule has 1 aromatic rings. The summed E-state index contributed by atoms with van der Waals surface area (Å²) in [6.45, 7) is 13.1. The lowest BCUT2D eigenvalue weighted by molar-refractivity contribution is -0.132. The Hall–Kier alpha value is -2.61. The second-order valence-electron chi connectivity index (χ2n) is 17.6. The van der Waals surface area contributed by atoms with Gasteiger partial charge in [-0.1, -0.05) is 192 Å². The lowest BCUT2D eigenvalue weighted by Gasteiger charge is -2.26. The first-order chi connectivity index (χ1) is 29.5. The molecule has 342 valence electrons. The maximum absolute atomic E-state index is 13.1. The lowest BCUT2D eigenvalue weighted by atomic mass is 9.81. The number of benzene rings is 1. The molecule has 0 amide bonds. The van der Waals surface area contributed by atoms with Crippen LogP contribution >= 0.6 is 0 Å². The Morgan fingerprint density at radius 2 is 0.533 bits per heavy atom. The zero-order chi connectivity index (χ0) is 43.6. The van der Waals surface area contributed by atoms with Crippen LogP contribution in [0.3, 0.4) is 0 Å². The molecule has 0 fully saturated rings. The molecule has 0 bridgehead atoms. The fourth-order valence-electron chi connectivity index (χ4n) is 8.47. The topological polar surface area (TPSA) is 26.3 Å². The maximum atomic E-state index is 13.1. The van der Waals surface area contributed by atoms with Crippen molar-refractivity contribution in [2.75, 3.05) is 0 Å². The van der Waals surface area contributed by atoms with Crippen molar-refractivity contribution in [1.82, 2.24) is 0 Å². The standard InChI is InChI=1S/C58H98O2/c1-7-12-17-22-27-32-37-42-47-53-54(48-43-38-33-28-23-18-13-8-2)56(50-45-40-35-30-25-20-15-10-4)58(60-52(6)59)57(51-46-41-36-31-26-21-16-11-5)55(53)49-44-39-34-29-24-19-14-9-3/h32-41H,7-31,42-51H2,1-6H3/b37-32+,38-33+,39-34+,40-35+,41-36+. The highest BCUT2D eigenvalue weighted by atomic mass is 16.5. The Bertz CT molecular complexity index is 1230. The molecule has 0 saturated carbocycles. The van der Waals surface area contributed by atoms with Gasteiger partial charge in [0.15, 0.2) is 0 Å². The number of allylic oxidation sites excluding steroid dienone is 10. The molecule has 0 N–H and O–H groups in total. The summed E-state index contributed by atoms with van der Waals surface area (Å²) >= 11 is 0. The van der Waals surface area contributed by atoms with E-state index in [1.54, 1.807) is 12.5 Å². The van der Waals surface area contributed by atoms with E-state index < -0.39 is 0 Å². The number of unbranched alkanes of at least 4 members (excludes halogenated alkanes) is 20. The SMILES string of the molecule is CCCCCC/C=C/CCc1c(CC/C=C/CCCCCC)c(CC/C=C/CCCCCC)c(OC(C)=O)c(CC/C=C/CCCCCC)c1CC/C=C/CCCCCC. The number of carbonyl (C=O) groups excluding carboxylic acids is 1. The normalized spacial score (nSPS) is 12.2. The molecule has 2 nitrogen and oxygen atoms in total. The second-order valence-corrected chi connectivity index (χ2v) is 17.6. The predicted octanol–water partition coefficient (Wildman–Crippen LogP) is 18.9. The highest BCUT2D eigenvalue weighted by Gasteiger charge is 2.24. The minimum atomic E-state index is -0.190. The molecule has 0 saturated heterocycles. The molecular weight excluding hydrogens is 729 g/mol. The summed E-state index contributed by atoms with van der Waals surface area (Å²) in [5.41, 5.74) is 7.13. The average Bonchev–Trinajstić information content (AvgIpc) is 3.24. The molecule has 0 aliphatic carbocycles. The molecule has 2 heteroatoms. The molecule has 0 aliphatic heterocycles. The van der Waals surface area contributed by atoms with Gasteiger partial charge in [0.1, 0.15) is 5.75 Å². The van der Waals surface area contributed by atoms with Gasteiger partial charge in [0.05, 0.1) is 0 Å². The van der Waals surface area contributed by atoms with Gasteiger partial charge in [-0.3, -0.25) is 4.79 Å². The van der Waals surface area contributed by atoms with Gasteiger partial charge in [-0.2, -0.15) is 0 Å². The van der Waals surface area contributed by atoms with Crippen molar-refractivity contribution in [3.63, 3.8) is 0 Å². The van der Waals surface area contributed by atoms with Crippen LogP contribution in [0.1, 0.15) is 262 Å². The molecule has 0 spiro atoms. The van der Waals surface area contributed by atoms with Crippen LogP contribution in [0.25, 0.3) is 0 Å². The van der Waals surface area contributed by atoms with Crippen LogP contribution in [0.15, 0.2) is 60.8 Å². The summed E-state index contributed by atoms with van der Waals surface area (Å²) in [5, 5.41) is 0. The van der Waals surface area contributed by atoms with Gasteiger partial charge >= 0.3 is 5.97 Å². The third-order valence-electron chi connectivity index (χ3n) is 12.0. The minimum absolute atomic E-state index is 0.190. The summed E-state index contributed by atoms with van der Waals surface area (Å²) in [6.07, 6.45) is 66.2. The van der Waals surface area contributed by atoms with Gasteiger partial charge < -0.3 is 4.74 Å². The second kappa shape index (κ2) is 41.7. The Labute approximate surface area is 374 Å². The number of esters is 1. The van der Waals surface area contributed by atoms with Crippen molar-refractivity contribution >= 4 is 5.97 Å². The van der Waals surface area contributed by atoms with Crippen LogP contribution in [0.2, 0.25) is 0 Å². The largest absolute Gasteiger partial charge is 0.426 e. The zero-order valence-electron chi connectivity index (χ0n) is 40.8. The van der Waals surface area contributed by atoms with Crippen LogP contribution < -0.4 is 4.74 Å². The molecule has 0 radical (unpaired) electrons. The van der Waals surface area contributed by atoms with Gasteiger partial charge in [0, 0.05) is 6.92 Å². The predicted molar refractivity (Wildman–Crippen MR) is 269 cm³/mol. The Balaban J connectivity index is 3.81. The van der Waals surface area contributed by atoms with Gasteiger partial charge in [0.25, 0.3) is 0 Å². The van der Waals surface area contributed by atoms with Crippen molar-refractivity contribution in [1.29, 1.82) is 0 Å². The first kappa shape index (κ1) is 55.4. The Morgan fingerprint density at radius 1 is 0.317 bits per heavy atom. The van der Waals surface area contributed by atoms with Crippen LogP contribution in [0.5, 0.6) is 5.75 Å². The fourth-order valence-corrected chi connectivity index (χ4v) is 8.47. The van der Waals surface area contributed by atoms with Crippen LogP contribution in [0, 0.1) is 0 Å². The Morgan fingerprint density at radius 3 is 0.767 bits per heavy atom. The van der Waals surface area contributed by atoms with Gasteiger partial charge in [-0.05, 0) is 156 Å². The molecular formula is C58H98O2. The van der Waals surface area contributed by atoms with Crippen LogP contribution in [-0.2, 0) is 36.9 Å². The third-order valence-corrected chi connectivity index (χ3v) is 12.0. The summed E-state index contributed by atoms with van der Waals surface area (Å²) < 4.78 is 6.48. The number of hydrogen-bond donors (Lipinski definition) is 0. The van der Waals surface area contributed by atoms with Crippen molar-refractivity contribution in [2.45, 2.75) is 266 Å². The summed E-state index contributed by atoms with van der Waals surface area (Å²) in [6, 6.07) is 0. The third kappa shape index (κ3) is 28.8. The summed E-state index contributed by atoms with van der Waals surface area (Å²) in [5.74, 6) is 0.715. The monoisotopic (exact) mass is 827 g/mol. The van der Waals surface area contributed by atoms with Crippen LogP contribution in [0.4, 0.5) is 0 Å². The van der Waals surface area contributed by atoms with E-state index in [1.165, 1.54) is 170 Å². The van der Waals surface area contributed by atoms with E-state index in [2.05, 4.69) is 95.4 Å². The Kier molecular flexibility index (Phi) is 38.5. The molecule has 0 heterocycles. The van der Waals surface area contributed by atoms with Gasteiger partial charge in [0.2, 0.25) is 0 Å². The lowest BCUT2D eigenvalue weighted by Crippen LogP contribution is -2.15. The van der Waals surface area contributed by atoms with Gasteiger partial charge in [-0.25, -0.2) is 0 Å². The van der Waals surface area contributed by atoms with Crippen molar-refractivity contribution < 1.29 is 9.53 Å². The smallest absolute Gasteiger partial charge is 0.308 e. The fraction of sp³-hybridized carbons (Fsp3) is 0.707. The van der Waals surface area contributed by atoms with E-state index >= 15 is 0 Å². The van der Waals surface area contributed by atoms with Crippen molar-refractivity contribution in [3.05, 3.63) is 88.6 Å². The quantitative estimate of drug-likeness (QED) is 0.0284.